The second-order valence-electron chi connectivity index (χ2n) is 8.66. The van der Waals surface area contributed by atoms with E-state index in [-0.39, 0.29) is 11.1 Å². The lowest BCUT2D eigenvalue weighted by Crippen LogP contribution is -2.64. The van der Waals surface area contributed by atoms with Crippen molar-refractivity contribution >= 4 is 5.69 Å². The molecule has 132 valence electrons. The number of aliphatic hydroxyl groups is 1. The summed E-state index contributed by atoms with van der Waals surface area (Å²) in [4.78, 5) is 2.38. The van der Waals surface area contributed by atoms with Crippen LogP contribution in [0, 0.1) is 11.8 Å². The Bertz CT molecular complexity index is 564. The molecule has 4 aliphatic rings. The van der Waals surface area contributed by atoms with Crippen molar-refractivity contribution in [1.29, 1.82) is 0 Å². The topological polar surface area (TPSA) is 35.5 Å². The highest BCUT2D eigenvalue weighted by molar-refractivity contribution is 5.47. The Hall–Kier alpha value is -1.06. The first-order chi connectivity index (χ1) is 11.5. The molecule has 4 bridgehead atoms. The second kappa shape index (κ2) is 6.03. The van der Waals surface area contributed by atoms with Crippen LogP contribution in [0.4, 0.5) is 5.69 Å². The lowest BCUT2D eigenvalue weighted by molar-refractivity contribution is -0.142. The van der Waals surface area contributed by atoms with E-state index in [4.69, 9.17) is 0 Å². The molecule has 0 amide bonds. The minimum absolute atomic E-state index is 0.191. The number of hydrogen-bond donors (Lipinski definition) is 2. The Kier molecular flexibility index (Phi) is 4.12. The van der Waals surface area contributed by atoms with Gasteiger partial charge in [-0.1, -0.05) is 12.1 Å². The fourth-order valence-corrected chi connectivity index (χ4v) is 6.12. The quantitative estimate of drug-likeness (QED) is 0.836. The van der Waals surface area contributed by atoms with Crippen LogP contribution in [-0.4, -0.2) is 29.3 Å². The molecule has 0 spiro atoms. The van der Waals surface area contributed by atoms with Crippen LogP contribution in [0.2, 0.25) is 0 Å². The van der Waals surface area contributed by atoms with Crippen LogP contribution in [0.25, 0.3) is 0 Å². The summed E-state index contributed by atoms with van der Waals surface area (Å²) < 4.78 is 0. The van der Waals surface area contributed by atoms with Gasteiger partial charge in [0, 0.05) is 30.9 Å². The first-order valence-corrected chi connectivity index (χ1v) is 9.84. The van der Waals surface area contributed by atoms with Crippen LogP contribution < -0.4 is 10.2 Å². The number of nitrogens with one attached hydrogen (secondary N) is 1. The van der Waals surface area contributed by atoms with Crippen molar-refractivity contribution in [2.75, 3.05) is 18.0 Å². The molecular weight excluding hydrogens is 296 g/mol. The van der Waals surface area contributed by atoms with Gasteiger partial charge in [-0.05, 0) is 81.9 Å². The zero-order chi connectivity index (χ0) is 16.8. The highest BCUT2D eigenvalue weighted by Crippen LogP contribution is 2.57. The van der Waals surface area contributed by atoms with E-state index in [0.29, 0.717) is 0 Å². The standard InChI is InChI=1S/C21H32N2O/c1-3-23(4-2)19-7-5-16(6-8-19)14-22-20-10-17-9-18(11-20)13-21(24,12-17)15-20/h5-8,17-18,22,24H,3-4,9-15H2,1-2H3. The minimum Gasteiger partial charge on any atom is -0.390 e. The molecule has 0 aliphatic heterocycles. The van der Waals surface area contributed by atoms with Gasteiger partial charge in [0.15, 0.2) is 0 Å². The Balaban J connectivity index is 1.42. The molecule has 1 aromatic rings. The molecule has 3 nitrogen and oxygen atoms in total. The minimum atomic E-state index is -0.371. The van der Waals surface area contributed by atoms with E-state index in [1.54, 1.807) is 0 Å². The summed E-state index contributed by atoms with van der Waals surface area (Å²) >= 11 is 0. The molecule has 0 radical (unpaired) electrons. The molecule has 0 aromatic heterocycles. The van der Waals surface area contributed by atoms with Crippen LogP contribution in [0.1, 0.15) is 57.9 Å². The smallest absolute Gasteiger partial charge is 0.0670 e. The molecule has 3 heteroatoms. The molecule has 24 heavy (non-hydrogen) atoms. The van der Waals surface area contributed by atoms with Crippen molar-refractivity contribution in [2.24, 2.45) is 11.8 Å². The van der Waals surface area contributed by atoms with Crippen molar-refractivity contribution in [3.63, 3.8) is 0 Å². The van der Waals surface area contributed by atoms with Crippen molar-refractivity contribution in [1.82, 2.24) is 5.32 Å². The van der Waals surface area contributed by atoms with Gasteiger partial charge in [-0.15, -0.1) is 0 Å². The van der Waals surface area contributed by atoms with E-state index in [1.807, 2.05) is 0 Å². The zero-order valence-electron chi connectivity index (χ0n) is 15.2. The molecule has 2 atom stereocenters. The van der Waals surface area contributed by atoms with Gasteiger partial charge in [-0.25, -0.2) is 0 Å². The van der Waals surface area contributed by atoms with E-state index < -0.39 is 0 Å². The largest absolute Gasteiger partial charge is 0.390 e. The normalized spacial score (nSPS) is 37.0. The molecule has 4 aliphatic carbocycles. The summed E-state index contributed by atoms with van der Waals surface area (Å²) in [5, 5.41) is 14.7. The summed E-state index contributed by atoms with van der Waals surface area (Å²) in [6.45, 7) is 7.44. The highest BCUT2D eigenvalue weighted by Gasteiger charge is 2.56. The fraction of sp³-hybridized carbons (Fsp3) is 0.714. The Morgan fingerprint density at radius 1 is 1.04 bits per heavy atom. The predicted molar refractivity (Wildman–Crippen MR) is 99.2 cm³/mol. The Morgan fingerprint density at radius 3 is 2.21 bits per heavy atom. The second-order valence-corrected chi connectivity index (χ2v) is 8.66. The maximum absolute atomic E-state index is 10.9. The molecular formula is C21H32N2O. The molecule has 1 aromatic carbocycles. The summed E-state index contributed by atoms with van der Waals surface area (Å²) in [6.07, 6.45) is 6.94. The summed E-state index contributed by atoms with van der Waals surface area (Å²) in [6, 6.07) is 9.01. The van der Waals surface area contributed by atoms with Gasteiger partial charge < -0.3 is 15.3 Å². The van der Waals surface area contributed by atoms with Crippen LogP contribution in [-0.2, 0) is 6.54 Å². The van der Waals surface area contributed by atoms with E-state index in [2.05, 4.69) is 48.3 Å². The van der Waals surface area contributed by atoms with Gasteiger partial charge in [-0.2, -0.15) is 0 Å². The monoisotopic (exact) mass is 328 g/mol. The van der Waals surface area contributed by atoms with Gasteiger partial charge >= 0.3 is 0 Å². The van der Waals surface area contributed by atoms with Crippen molar-refractivity contribution in [3.05, 3.63) is 29.8 Å². The number of benzene rings is 1. The third kappa shape index (κ3) is 2.97. The van der Waals surface area contributed by atoms with Crippen LogP contribution in [0.3, 0.4) is 0 Å². The average molecular weight is 329 g/mol. The molecule has 0 heterocycles. The summed E-state index contributed by atoms with van der Waals surface area (Å²) in [7, 11) is 0. The number of rotatable bonds is 6. The lowest BCUT2D eigenvalue weighted by Gasteiger charge is -2.60. The number of hydrogen-bond acceptors (Lipinski definition) is 3. The van der Waals surface area contributed by atoms with Gasteiger partial charge in [0.2, 0.25) is 0 Å². The van der Waals surface area contributed by atoms with Gasteiger partial charge in [0.25, 0.3) is 0 Å². The first-order valence-electron chi connectivity index (χ1n) is 9.84. The Labute approximate surface area is 146 Å². The predicted octanol–water partition coefficient (Wildman–Crippen LogP) is 3.71. The fourth-order valence-electron chi connectivity index (χ4n) is 6.12. The SMILES string of the molecule is CCN(CC)c1ccc(CNC23CC4CC(CC(O)(C4)C2)C3)cc1. The number of anilines is 1. The molecule has 4 fully saturated rings. The van der Waals surface area contributed by atoms with E-state index in [0.717, 1.165) is 50.7 Å². The van der Waals surface area contributed by atoms with Crippen molar-refractivity contribution in [3.8, 4) is 0 Å². The van der Waals surface area contributed by atoms with Gasteiger partial charge in [0.1, 0.15) is 0 Å². The van der Waals surface area contributed by atoms with E-state index in [1.165, 1.54) is 30.5 Å². The van der Waals surface area contributed by atoms with Gasteiger partial charge in [-0.3, -0.25) is 0 Å². The molecule has 2 unspecified atom stereocenters. The third-order valence-corrected chi connectivity index (χ3v) is 6.76. The van der Waals surface area contributed by atoms with Crippen LogP contribution in [0.15, 0.2) is 24.3 Å². The Morgan fingerprint density at radius 2 is 1.67 bits per heavy atom. The summed E-state index contributed by atoms with van der Waals surface area (Å²) in [5.41, 5.74) is 2.49. The van der Waals surface area contributed by atoms with Gasteiger partial charge in [0.05, 0.1) is 5.60 Å². The summed E-state index contributed by atoms with van der Waals surface area (Å²) in [5.74, 6) is 1.49. The molecule has 2 N–H and O–H groups in total. The highest BCUT2D eigenvalue weighted by atomic mass is 16.3. The molecule has 5 rings (SSSR count). The average Bonchev–Trinajstić information content (AvgIpc) is 2.53. The van der Waals surface area contributed by atoms with Crippen LogP contribution >= 0.6 is 0 Å². The van der Waals surface area contributed by atoms with E-state index >= 15 is 0 Å². The molecule has 0 saturated heterocycles. The van der Waals surface area contributed by atoms with Crippen LogP contribution in [0.5, 0.6) is 0 Å². The third-order valence-electron chi connectivity index (χ3n) is 6.76. The van der Waals surface area contributed by atoms with Crippen molar-refractivity contribution < 1.29 is 5.11 Å². The zero-order valence-corrected chi connectivity index (χ0v) is 15.2. The molecule has 4 saturated carbocycles. The lowest BCUT2D eigenvalue weighted by atomic mass is 9.51. The van der Waals surface area contributed by atoms with Crippen molar-refractivity contribution in [2.45, 2.75) is 70.1 Å². The maximum Gasteiger partial charge on any atom is 0.0670 e. The maximum atomic E-state index is 10.9. The van der Waals surface area contributed by atoms with E-state index in [9.17, 15) is 5.11 Å². The first kappa shape index (κ1) is 16.4. The number of nitrogens with zero attached hydrogens (tertiary/aromatic N) is 1.